The van der Waals surface area contributed by atoms with Crippen LogP contribution in [0.15, 0.2) is 6.07 Å². The highest BCUT2D eigenvalue weighted by Gasteiger charge is 2.14. The predicted molar refractivity (Wildman–Crippen MR) is 38.3 cm³/mol. The molecule has 0 fully saturated rings. The predicted octanol–water partition coefficient (Wildman–Crippen LogP) is 1.06. The Morgan fingerprint density at radius 3 is 2.83 bits per heavy atom. The van der Waals surface area contributed by atoms with Gasteiger partial charge in [-0.15, -0.1) is 10.2 Å². The van der Waals surface area contributed by atoms with E-state index in [1.54, 1.807) is 0 Å². The summed E-state index contributed by atoms with van der Waals surface area (Å²) in [4.78, 5) is 10.7. The normalized spacial score (nSPS) is 9.58. The van der Waals surface area contributed by atoms with Crippen molar-refractivity contribution in [1.29, 1.82) is 0 Å². The SMILES string of the molecule is COC(=O)c1nnc(Cl)cc1F. The van der Waals surface area contributed by atoms with E-state index >= 15 is 0 Å². The lowest BCUT2D eigenvalue weighted by Gasteiger charge is -1.97. The zero-order valence-corrected chi connectivity index (χ0v) is 6.80. The van der Waals surface area contributed by atoms with Crippen LogP contribution in [0.5, 0.6) is 0 Å². The molecule has 0 unspecified atom stereocenters. The van der Waals surface area contributed by atoms with Crippen LogP contribution in [-0.4, -0.2) is 23.3 Å². The van der Waals surface area contributed by atoms with Gasteiger partial charge in [-0.05, 0) is 0 Å². The third-order valence-corrected chi connectivity index (χ3v) is 1.28. The molecule has 0 aliphatic carbocycles. The first-order valence-corrected chi connectivity index (χ1v) is 3.30. The van der Waals surface area contributed by atoms with Crippen LogP contribution in [-0.2, 0) is 4.74 Å². The fraction of sp³-hybridized carbons (Fsp3) is 0.167. The van der Waals surface area contributed by atoms with Gasteiger partial charge in [0.1, 0.15) is 0 Å². The zero-order chi connectivity index (χ0) is 9.14. The van der Waals surface area contributed by atoms with Gasteiger partial charge in [0.15, 0.2) is 11.0 Å². The van der Waals surface area contributed by atoms with E-state index in [1.807, 2.05) is 0 Å². The quantitative estimate of drug-likeness (QED) is 0.622. The highest BCUT2D eigenvalue weighted by atomic mass is 35.5. The summed E-state index contributed by atoms with van der Waals surface area (Å²) in [5, 5.41) is 6.39. The van der Waals surface area contributed by atoms with Crippen molar-refractivity contribution in [2.45, 2.75) is 0 Å². The number of esters is 1. The van der Waals surface area contributed by atoms with Crippen LogP contribution in [0.1, 0.15) is 10.5 Å². The number of aromatic nitrogens is 2. The van der Waals surface area contributed by atoms with Gasteiger partial charge in [-0.1, -0.05) is 11.6 Å². The van der Waals surface area contributed by atoms with Crippen molar-refractivity contribution < 1.29 is 13.9 Å². The van der Waals surface area contributed by atoms with E-state index in [4.69, 9.17) is 11.6 Å². The number of hydrogen-bond donors (Lipinski definition) is 0. The summed E-state index contributed by atoms with van der Waals surface area (Å²) >= 11 is 5.30. The molecule has 0 amide bonds. The van der Waals surface area contributed by atoms with E-state index in [0.29, 0.717) is 0 Å². The van der Waals surface area contributed by atoms with Gasteiger partial charge in [0.25, 0.3) is 0 Å². The van der Waals surface area contributed by atoms with E-state index in [9.17, 15) is 9.18 Å². The average molecular weight is 191 g/mol. The molecule has 0 aliphatic heterocycles. The van der Waals surface area contributed by atoms with Crippen LogP contribution in [0, 0.1) is 5.82 Å². The Morgan fingerprint density at radius 2 is 2.33 bits per heavy atom. The van der Waals surface area contributed by atoms with Gasteiger partial charge in [0.05, 0.1) is 7.11 Å². The minimum Gasteiger partial charge on any atom is -0.464 e. The molecule has 1 aromatic rings. The third-order valence-electron chi connectivity index (χ3n) is 1.10. The van der Waals surface area contributed by atoms with E-state index in [0.717, 1.165) is 13.2 Å². The standard InChI is InChI=1S/C6H4ClFN2O2/c1-12-6(11)5-3(8)2-4(7)9-10-5/h2H,1H3. The first-order valence-electron chi connectivity index (χ1n) is 2.92. The van der Waals surface area contributed by atoms with Crippen LogP contribution in [0.4, 0.5) is 4.39 Å². The number of halogens is 2. The monoisotopic (exact) mass is 190 g/mol. The van der Waals surface area contributed by atoms with Gasteiger partial charge in [-0.2, -0.15) is 0 Å². The number of carbonyl (C=O) groups is 1. The lowest BCUT2D eigenvalue weighted by atomic mass is 10.4. The maximum Gasteiger partial charge on any atom is 0.361 e. The molecule has 0 N–H and O–H groups in total. The molecule has 1 heterocycles. The summed E-state index contributed by atoms with van der Waals surface area (Å²) in [6.07, 6.45) is 0. The molecule has 0 bridgehead atoms. The fourth-order valence-electron chi connectivity index (χ4n) is 0.582. The van der Waals surface area contributed by atoms with Crippen molar-refractivity contribution in [2.75, 3.05) is 7.11 Å². The summed E-state index contributed by atoms with van der Waals surface area (Å²) in [5.41, 5.74) is -0.470. The Bertz CT molecular complexity index is 318. The van der Waals surface area contributed by atoms with E-state index in [1.165, 1.54) is 0 Å². The molecule has 12 heavy (non-hydrogen) atoms. The van der Waals surface area contributed by atoms with Crippen LogP contribution in [0.25, 0.3) is 0 Å². The number of hydrogen-bond acceptors (Lipinski definition) is 4. The Labute approximate surface area is 72.3 Å². The summed E-state index contributed by atoms with van der Waals surface area (Å²) in [7, 11) is 1.12. The Morgan fingerprint density at radius 1 is 1.67 bits per heavy atom. The van der Waals surface area contributed by atoms with E-state index < -0.39 is 17.5 Å². The topological polar surface area (TPSA) is 52.1 Å². The van der Waals surface area contributed by atoms with Crippen molar-refractivity contribution in [3.05, 3.63) is 22.7 Å². The lowest BCUT2D eigenvalue weighted by Crippen LogP contribution is -2.08. The molecule has 1 rings (SSSR count). The van der Waals surface area contributed by atoms with Gasteiger partial charge in [0.2, 0.25) is 5.69 Å². The molecule has 0 atom stereocenters. The van der Waals surface area contributed by atoms with Gasteiger partial charge in [-0.25, -0.2) is 9.18 Å². The highest BCUT2D eigenvalue weighted by Crippen LogP contribution is 2.08. The van der Waals surface area contributed by atoms with Crippen molar-refractivity contribution >= 4 is 17.6 Å². The molecular weight excluding hydrogens is 187 g/mol. The molecule has 4 nitrogen and oxygen atoms in total. The van der Waals surface area contributed by atoms with Crippen LogP contribution >= 0.6 is 11.6 Å². The van der Waals surface area contributed by atoms with Gasteiger partial charge >= 0.3 is 5.97 Å². The number of methoxy groups -OCH3 is 1. The number of ether oxygens (including phenoxy) is 1. The van der Waals surface area contributed by atoms with Crippen LogP contribution < -0.4 is 0 Å². The maximum atomic E-state index is 12.8. The first kappa shape index (κ1) is 8.86. The van der Waals surface area contributed by atoms with Crippen LogP contribution in [0.3, 0.4) is 0 Å². The molecule has 0 aromatic carbocycles. The molecule has 0 aliphatic rings. The molecule has 0 saturated heterocycles. The third kappa shape index (κ3) is 1.68. The lowest BCUT2D eigenvalue weighted by molar-refractivity contribution is 0.0586. The second-order valence-electron chi connectivity index (χ2n) is 1.86. The number of rotatable bonds is 1. The second-order valence-corrected chi connectivity index (χ2v) is 2.24. The molecule has 0 spiro atoms. The molecule has 1 aromatic heterocycles. The first-order chi connectivity index (χ1) is 5.65. The maximum absolute atomic E-state index is 12.8. The highest BCUT2D eigenvalue weighted by molar-refractivity contribution is 6.29. The van der Waals surface area contributed by atoms with Crippen molar-refractivity contribution in [2.24, 2.45) is 0 Å². The second kappa shape index (κ2) is 3.44. The summed E-state index contributed by atoms with van der Waals surface area (Å²) in [6.45, 7) is 0. The Kier molecular flexibility index (Phi) is 2.54. The molecular formula is C6H4ClFN2O2. The summed E-state index contributed by atoms with van der Waals surface area (Å²) in [6, 6.07) is 0.890. The van der Waals surface area contributed by atoms with Crippen molar-refractivity contribution in [3.63, 3.8) is 0 Å². The molecule has 6 heteroatoms. The minimum absolute atomic E-state index is 0.111. The largest absolute Gasteiger partial charge is 0.464 e. The van der Waals surface area contributed by atoms with Crippen LogP contribution in [0.2, 0.25) is 5.15 Å². The molecule has 64 valence electrons. The van der Waals surface area contributed by atoms with Crippen molar-refractivity contribution in [1.82, 2.24) is 10.2 Å². The summed E-state index contributed by atoms with van der Waals surface area (Å²) < 4.78 is 17.0. The molecule has 0 saturated carbocycles. The number of nitrogens with zero attached hydrogens (tertiary/aromatic N) is 2. The van der Waals surface area contributed by atoms with Gasteiger partial charge in [0, 0.05) is 6.07 Å². The van der Waals surface area contributed by atoms with Crippen molar-refractivity contribution in [3.8, 4) is 0 Å². The van der Waals surface area contributed by atoms with Gasteiger partial charge < -0.3 is 4.74 Å². The average Bonchev–Trinajstić information content (AvgIpc) is 2.03. The van der Waals surface area contributed by atoms with E-state index in [-0.39, 0.29) is 5.15 Å². The Hall–Kier alpha value is -1.23. The van der Waals surface area contributed by atoms with E-state index in [2.05, 4.69) is 14.9 Å². The smallest absolute Gasteiger partial charge is 0.361 e. The molecule has 0 radical (unpaired) electrons. The number of carbonyl (C=O) groups excluding carboxylic acids is 1. The minimum atomic E-state index is -0.878. The Balaban J connectivity index is 3.09. The summed E-state index contributed by atoms with van der Waals surface area (Å²) in [5.74, 6) is -1.72. The zero-order valence-electron chi connectivity index (χ0n) is 6.04. The van der Waals surface area contributed by atoms with Gasteiger partial charge in [-0.3, -0.25) is 0 Å². The fourth-order valence-corrected chi connectivity index (χ4v) is 0.716.